The van der Waals surface area contributed by atoms with Crippen LogP contribution in [0, 0.1) is 13.8 Å². The van der Waals surface area contributed by atoms with Gasteiger partial charge in [0.25, 0.3) is 0 Å². The smallest absolute Gasteiger partial charge is 0.316 e. The molecule has 0 saturated carbocycles. The fraction of sp³-hybridized carbons (Fsp3) is 0.182. The molecule has 3 aromatic rings. The molecule has 3 rings (SSSR count). The van der Waals surface area contributed by atoms with Crippen molar-refractivity contribution in [1.29, 1.82) is 0 Å². The van der Waals surface area contributed by atoms with Gasteiger partial charge in [-0.1, -0.05) is 53.6 Å². The highest BCUT2D eigenvalue weighted by Crippen LogP contribution is 2.33. The lowest BCUT2D eigenvalue weighted by Gasteiger charge is -2.09. The Morgan fingerprint density at radius 3 is 2.56 bits per heavy atom. The lowest BCUT2D eigenvalue weighted by Crippen LogP contribution is -2.16. The van der Waals surface area contributed by atoms with E-state index in [1.54, 1.807) is 0 Å². The Labute approximate surface area is 167 Å². The Balaban J connectivity index is 1.61. The molecule has 3 aromatic carbocycles. The van der Waals surface area contributed by atoms with Crippen molar-refractivity contribution in [3.05, 3.63) is 76.3 Å². The third-order valence-electron chi connectivity index (χ3n) is 4.22. The second-order valence-electron chi connectivity index (χ2n) is 6.29. The summed E-state index contributed by atoms with van der Waals surface area (Å²) in [6.45, 7) is 3.54. The van der Waals surface area contributed by atoms with Crippen LogP contribution in [0.1, 0.15) is 21.5 Å². The first kappa shape index (κ1) is 19.5. The van der Waals surface area contributed by atoms with Crippen molar-refractivity contribution in [2.45, 2.75) is 18.7 Å². The third-order valence-corrected chi connectivity index (χ3v) is 5.57. The maximum absolute atomic E-state index is 12.3. The standard InChI is InChI=1S/C22H19ClO3S/c1-14-9-10-15(2)17(11-14)19(24)12-26-21(25)13-27-20-8-4-6-16-5-3-7-18(23)22(16)20/h3-11H,12-13H2,1-2H3. The molecule has 0 bridgehead atoms. The highest BCUT2D eigenvalue weighted by atomic mass is 35.5. The number of fused-ring (bicyclic) bond motifs is 1. The van der Waals surface area contributed by atoms with E-state index in [4.69, 9.17) is 16.3 Å². The van der Waals surface area contributed by atoms with E-state index in [0.717, 1.165) is 26.8 Å². The molecule has 0 heterocycles. The zero-order valence-corrected chi connectivity index (χ0v) is 16.7. The highest BCUT2D eigenvalue weighted by Gasteiger charge is 2.14. The summed E-state index contributed by atoms with van der Waals surface area (Å²) in [5, 5.41) is 2.59. The molecule has 27 heavy (non-hydrogen) atoms. The van der Waals surface area contributed by atoms with Gasteiger partial charge in [0.15, 0.2) is 6.61 Å². The van der Waals surface area contributed by atoms with Gasteiger partial charge in [-0.3, -0.25) is 9.59 Å². The van der Waals surface area contributed by atoms with Crippen LogP contribution >= 0.6 is 23.4 Å². The largest absolute Gasteiger partial charge is 0.457 e. The number of rotatable bonds is 6. The summed E-state index contributed by atoms with van der Waals surface area (Å²) >= 11 is 7.66. The number of ether oxygens (including phenoxy) is 1. The van der Waals surface area contributed by atoms with Crippen LogP contribution in [0.5, 0.6) is 0 Å². The van der Waals surface area contributed by atoms with Gasteiger partial charge >= 0.3 is 5.97 Å². The van der Waals surface area contributed by atoms with E-state index in [-0.39, 0.29) is 18.1 Å². The number of esters is 1. The summed E-state index contributed by atoms with van der Waals surface area (Å²) in [5.41, 5.74) is 2.47. The molecule has 0 N–H and O–H groups in total. The van der Waals surface area contributed by atoms with Crippen molar-refractivity contribution in [1.82, 2.24) is 0 Å². The van der Waals surface area contributed by atoms with Gasteiger partial charge in [-0.25, -0.2) is 0 Å². The summed E-state index contributed by atoms with van der Waals surface area (Å²) in [4.78, 5) is 25.3. The minimum atomic E-state index is -0.428. The van der Waals surface area contributed by atoms with Crippen LogP contribution in [0.3, 0.4) is 0 Å². The molecule has 138 valence electrons. The Bertz CT molecular complexity index is 1010. The van der Waals surface area contributed by atoms with Crippen molar-refractivity contribution >= 4 is 45.9 Å². The fourth-order valence-electron chi connectivity index (χ4n) is 2.82. The number of hydrogen-bond donors (Lipinski definition) is 0. The second kappa shape index (κ2) is 8.59. The van der Waals surface area contributed by atoms with Gasteiger partial charge in [0, 0.05) is 20.9 Å². The molecular formula is C22H19ClO3S. The van der Waals surface area contributed by atoms with Gasteiger partial charge < -0.3 is 4.74 Å². The maximum Gasteiger partial charge on any atom is 0.316 e. The lowest BCUT2D eigenvalue weighted by atomic mass is 10.0. The van der Waals surface area contributed by atoms with E-state index in [2.05, 4.69) is 0 Å². The van der Waals surface area contributed by atoms with Crippen LogP contribution in [0.15, 0.2) is 59.5 Å². The van der Waals surface area contributed by atoms with Crippen molar-refractivity contribution in [3.8, 4) is 0 Å². The predicted molar refractivity (Wildman–Crippen MR) is 111 cm³/mol. The molecule has 0 unspecified atom stereocenters. The van der Waals surface area contributed by atoms with Gasteiger partial charge in [-0.15, -0.1) is 11.8 Å². The molecule has 0 atom stereocenters. The number of thioether (sulfide) groups is 1. The van der Waals surface area contributed by atoms with E-state index >= 15 is 0 Å². The lowest BCUT2D eigenvalue weighted by molar-refractivity contribution is -0.139. The minimum absolute atomic E-state index is 0.115. The maximum atomic E-state index is 12.3. The van der Waals surface area contributed by atoms with Crippen molar-refractivity contribution in [2.24, 2.45) is 0 Å². The van der Waals surface area contributed by atoms with Crippen molar-refractivity contribution in [2.75, 3.05) is 12.4 Å². The molecule has 0 aliphatic heterocycles. The van der Waals surface area contributed by atoms with Gasteiger partial charge in [0.1, 0.15) is 0 Å². The summed E-state index contributed by atoms with van der Waals surface area (Å²) in [6.07, 6.45) is 0. The van der Waals surface area contributed by atoms with E-state index in [0.29, 0.717) is 10.6 Å². The van der Waals surface area contributed by atoms with Crippen molar-refractivity contribution < 1.29 is 14.3 Å². The normalized spacial score (nSPS) is 10.8. The number of hydrogen-bond acceptors (Lipinski definition) is 4. The van der Waals surface area contributed by atoms with Crippen LogP contribution in [0.4, 0.5) is 0 Å². The van der Waals surface area contributed by atoms with E-state index in [1.807, 2.05) is 68.4 Å². The molecule has 0 aliphatic rings. The van der Waals surface area contributed by atoms with E-state index < -0.39 is 5.97 Å². The number of Topliss-reactive ketones (excluding diaryl/α,β-unsaturated/α-hetero) is 1. The van der Waals surface area contributed by atoms with Gasteiger partial charge in [0.2, 0.25) is 5.78 Å². The highest BCUT2D eigenvalue weighted by molar-refractivity contribution is 8.00. The molecule has 5 heteroatoms. The van der Waals surface area contributed by atoms with Gasteiger partial charge in [0.05, 0.1) is 5.75 Å². The molecule has 0 aliphatic carbocycles. The molecule has 0 amide bonds. The average Bonchev–Trinajstić information content (AvgIpc) is 2.66. The topological polar surface area (TPSA) is 43.4 Å². The van der Waals surface area contributed by atoms with Crippen molar-refractivity contribution in [3.63, 3.8) is 0 Å². The van der Waals surface area contributed by atoms with Crippen LogP contribution < -0.4 is 0 Å². The van der Waals surface area contributed by atoms with Crippen LogP contribution in [0.2, 0.25) is 5.02 Å². The number of carbonyl (C=O) groups excluding carboxylic acids is 2. The molecular weight excluding hydrogens is 380 g/mol. The number of carbonyl (C=O) groups is 2. The zero-order valence-electron chi connectivity index (χ0n) is 15.1. The third kappa shape index (κ3) is 4.71. The van der Waals surface area contributed by atoms with Crippen LogP contribution in [0.25, 0.3) is 10.8 Å². The monoisotopic (exact) mass is 398 g/mol. The molecule has 0 aromatic heterocycles. The Morgan fingerprint density at radius 1 is 1.04 bits per heavy atom. The fourth-order valence-corrected chi connectivity index (χ4v) is 4.06. The number of halogens is 1. The average molecular weight is 399 g/mol. The van der Waals surface area contributed by atoms with Crippen LogP contribution in [-0.4, -0.2) is 24.1 Å². The molecule has 3 nitrogen and oxygen atoms in total. The Morgan fingerprint density at radius 2 is 1.78 bits per heavy atom. The number of aryl methyl sites for hydroxylation is 2. The summed E-state index contributed by atoms with van der Waals surface area (Å²) in [7, 11) is 0. The first-order chi connectivity index (χ1) is 13.0. The predicted octanol–water partition coefficient (Wildman–Crippen LogP) is 5.63. The second-order valence-corrected chi connectivity index (χ2v) is 7.71. The quantitative estimate of drug-likeness (QED) is 0.306. The van der Waals surface area contributed by atoms with Gasteiger partial charge in [-0.05, 0) is 43.0 Å². The summed E-state index contributed by atoms with van der Waals surface area (Å²) < 4.78 is 5.17. The molecule has 0 fully saturated rings. The van der Waals surface area contributed by atoms with E-state index in [1.165, 1.54) is 11.8 Å². The first-order valence-corrected chi connectivity index (χ1v) is 9.88. The van der Waals surface area contributed by atoms with Crippen LogP contribution in [-0.2, 0) is 9.53 Å². The number of benzene rings is 3. The molecule has 0 saturated heterocycles. The van der Waals surface area contributed by atoms with Gasteiger partial charge in [-0.2, -0.15) is 0 Å². The zero-order chi connectivity index (χ0) is 19.4. The van der Waals surface area contributed by atoms with E-state index in [9.17, 15) is 9.59 Å². The molecule has 0 radical (unpaired) electrons. The summed E-state index contributed by atoms with van der Waals surface area (Å²) in [6, 6.07) is 17.2. The number of ketones is 1. The first-order valence-electron chi connectivity index (χ1n) is 8.52. The molecule has 0 spiro atoms. The Hall–Kier alpha value is -2.30. The minimum Gasteiger partial charge on any atom is -0.457 e. The Kier molecular flexibility index (Phi) is 6.19. The SMILES string of the molecule is Cc1ccc(C)c(C(=O)COC(=O)CSc2cccc3cccc(Cl)c23)c1. The summed E-state index contributed by atoms with van der Waals surface area (Å²) in [5.74, 6) is -0.504.